The molecule has 0 bridgehead atoms. The van der Waals surface area contributed by atoms with Gasteiger partial charge in [0.2, 0.25) is 15.9 Å². The molecule has 1 aromatic carbocycles. The lowest BCUT2D eigenvalue weighted by atomic mass is 10.3. The third-order valence-corrected chi connectivity index (χ3v) is 8.19. The maximum atomic E-state index is 13.0. The van der Waals surface area contributed by atoms with Gasteiger partial charge in [0, 0.05) is 38.4 Å². The van der Waals surface area contributed by atoms with Crippen molar-refractivity contribution in [1.82, 2.24) is 24.0 Å². The molecule has 0 aliphatic carbocycles. The molecule has 0 saturated carbocycles. The lowest BCUT2D eigenvalue weighted by Gasteiger charge is -2.31. The Morgan fingerprint density at radius 3 is 2.64 bits per heavy atom. The zero-order valence-corrected chi connectivity index (χ0v) is 20.1. The molecule has 10 nitrogen and oxygen atoms in total. The number of furan rings is 1. The summed E-state index contributed by atoms with van der Waals surface area (Å²) in [4.78, 5) is 14.8. The van der Waals surface area contributed by atoms with E-state index in [9.17, 15) is 13.2 Å². The summed E-state index contributed by atoms with van der Waals surface area (Å²) in [5.74, 6) is 1.05. The molecule has 3 heterocycles. The van der Waals surface area contributed by atoms with E-state index in [1.165, 1.54) is 22.1 Å². The average molecular weight is 491 g/mol. The van der Waals surface area contributed by atoms with Gasteiger partial charge in [0.05, 0.1) is 16.9 Å². The molecule has 176 valence electrons. The van der Waals surface area contributed by atoms with Gasteiger partial charge in [-0.25, -0.2) is 8.42 Å². The van der Waals surface area contributed by atoms with Crippen LogP contribution in [0.5, 0.6) is 0 Å². The van der Waals surface area contributed by atoms with E-state index in [4.69, 9.17) is 4.42 Å². The summed E-state index contributed by atoms with van der Waals surface area (Å²) in [7, 11) is -1.64. The van der Waals surface area contributed by atoms with Crippen molar-refractivity contribution in [3.05, 3.63) is 42.7 Å². The topological polar surface area (TPSA) is 114 Å². The molecule has 1 aliphatic rings. The zero-order chi connectivity index (χ0) is 23.4. The molecular weight excluding hydrogens is 464 g/mol. The van der Waals surface area contributed by atoms with Gasteiger partial charge in [-0.1, -0.05) is 17.8 Å². The van der Waals surface area contributed by atoms with Crippen LogP contribution >= 0.6 is 11.8 Å². The number of nitrogens with zero attached hydrogens (tertiary/aromatic N) is 5. The number of carbonyl (C=O) groups excluding carboxylic acids is 1. The van der Waals surface area contributed by atoms with E-state index in [0.29, 0.717) is 55.2 Å². The highest BCUT2D eigenvalue weighted by Gasteiger charge is 2.27. The Kier molecular flexibility index (Phi) is 7.17. The number of likely N-dealkylation sites (N-methyl/N-ethyl adjacent to an activating group) is 1. The Labute approximate surface area is 197 Å². The maximum Gasteiger partial charge on any atom is 0.243 e. The van der Waals surface area contributed by atoms with Gasteiger partial charge in [-0.2, -0.15) is 4.31 Å². The molecule has 4 rings (SSSR count). The zero-order valence-electron chi connectivity index (χ0n) is 18.5. The van der Waals surface area contributed by atoms with Gasteiger partial charge in [0.15, 0.2) is 16.7 Å². The number of piperazine rings is 1. The first kappa shape index (κ1) is 23.5. The van der Waals surface area contributed by atoms with E-state index in [0.717, 1.165) is 0 Å². The smallest absolute Gasteiger partial charge is 0.243 e. The second-order valence-corrected chi connectivity index (χ2v) is 10.5. The summed E-state index contributed by atoms with van der Waals surface area (Å²) in [5, 5.41) is 11.7. The maximum absolute atomic E-state index is 13.0. The number of anilines is 1. The van der Waals surface area contributed by atoms with Crippen LogP contribution in [0.4, 0.5) is 5.69 Å². The number of benzene rings is 1. The molecule has 1 fully saturated rings. The van der Waals surface area contributed by atoms with Crippen LogP contribution in [-0.2, 0) is 21.4 Å². The molecule has 0 spiro atoms. The molecule has 0 atom stereocenters. The molecule has 1 aliphatic heterocycles. The Hall–Kier alpha value is -2.67. The van der Waals surface area contributed by atoms with Crippen LogP contribution in [0.3, 0.4) is 0 Å². The van der Waals surface area contributed by atoms with Crippen molar-refractivity contribution >= 4 is 33.4 Å². The predicted octanol–water partition coefficient (Wildman–Crippen LogP) is 2.22. The van der Waals surface area contributed by atoms with Gasteiger partial charge in [0.25, 0.3) is 0 Å². The van der Waals surface area contributed by atoms with Gasteiger partial charge in [-0.05, 0) is 44.3 Å². The molecule has 1 N–H and O–H groups in total. The summed E-state index contributed by atoms with van der Waals surface area (Å²) < 4.78 is 34.7. The van der Waals surface area contributed by atoms with Crippen LogP contribution in [0, 0.1) is 0 Å². The van der Waals surface area contributed by atoms with Crippen molar-refractivity contribution < 1.29 is 17.6 Å². The number of rotatable bonds is 8. The minimum absolute atomic E-state index is 0.103. The first-order valence-electron chi connectivity index (χ1n) is 10.6. The van der Waals surface area contributed by atoms with Crippen molar-refractivity contribution in [3.8, 4) is 11.6 Å². The van der Waals surface area contributed by atoms with E-state index in [2.05, 4.69) is 20.4 Å². The fraction of sp³-hybridized carbons (Fsp3) is 0.381. The minimum atomic E-state index is -3.61. The quantitative estimate of drug-likeness (QED) is 0.478. The second kappa shape index (κ2) is 10.1. The summed E-state index contributed by atoms with van der Waals surface area (Å²) in [6.45, 7) is 4.87. The van der Waals surface area contributed by atoms with Crippen molar-refractivity contribution in [2.24, 2.45) is 0 Å². The Morgan fingerprint density at radius 1 is 1.15 bits per heavy atom. The molecule has 2 aromatic heterocycles. The van der Waals surface area contributed by atoms with Crippen LogP contribution in [0.1, 0.15) is 6.92 Å². The first-order chi connectivity index (χ1) is 15.9. The SMILES string of the molecule is CCn1c(SCC(=O)Nc2cccc(S(=O)(=O)N3CCN(C)CC3)c2)nnc1-c1ccco1. The van der Waals surface area contributed by atoms with Crippen LogP contribution < -0.4 is 5.32 Å². The standard InChI is InChI=1S/C21H26N6O4S2/c1-3-27-20(18-8-5-13-31-18)23-24-21(27)32-15-19(28)22-16-6-4-7-17(14-16)33(29,30)26-11-9-25(2)10-12-26/h4-8,13-14H,3,9-12,15H2,1-2H3,(H,22,28). The van der Waals surface area contributed by atoms with Crippen LogP contribution in [0.2, 0.25) is 0 Å². The summed E-state index contributed by atoms with van der Waals surface area (Å²) in [6, 6.07) is 9.95. The highest BCUT2D eigenvalue weighted by atomic mass is 32.2. The average Bonchev–Trinajstić information content (AvgIpc) is 3.47. The Balaban J connectivity index is 1.40. The van der Waals surface area contributed by atoms with Crippen molar-refractivity contribution in [3.63, 3.8) is 0 Å². The van der Waals surface area contributed by atoms with Crippen molar-refractivity contribution in [1.29, 1.82) is 0 Å². The van der Waals surface area contributed by atoms with E-state index in [1.54, 1.807) is 36.6 Å². The monoisotopic (exact) mass is 490 g/mol. The first-order valence-corrected chi connectivity index (χ1v) is 13.0. The molecule has 12 heteroatoms. The molecular formula is C21H26N6O4S2. The number of thioether (sulfide) groups is 1. The van der Waals surface area contributed by atoms with Crippen molar-refractivity contribution in [2.45, 2.75) is 23.5 Å². The fourth-order valence-electron chi connectivity index (χ4n) is 3.51. The van der Waals surface area contributed by atoms with Gasteiger partial charge >= 0.3 is 0 Å². The minimum Gasteiger partial charge on any atom is -0.461 e. The van der Waals surface area contributed by atoms with Crippen molar-refractivity contribution in [2.75, 3.05) is 44.3 Å². The third-order valence-electron chi connectivity index (χ3n) is 5.32. The fourth-order valence-corrected chi connectivity index (χ4v) is 5.78. The molecule has 0 radical (unpaired) electrons. The van der Waals surface area contributed by atoms with Crippen LogP contribution in [-0.4, -0.2) is 77.3 Å². The number of aromatic nitrogens is 3. The summed E-state index contributed by atoms with van der Waals surface area (Å²) >= 11 is 1.25. The van der Waals surface area contributed by atoms with Gasteiger partial charge < -0.3 is 14.6 Å². The number of sulfonamides is 1. The number of hydrogen-bond acceptors (Lipinski definition) is 8. The third kappa shape index (κ3) is 5.29. The number of nitrogens with one attached hydrogen (secondary N) is 1. The molecule has 1 amide bonds. The number of hydrogen-bond donors (Lipinski definition) is 1. The summed E-state index contributed by atoms with van der Waals surface area (Å²) in [5.41, 5.74) is 0.434. The largest absolute Gasteiger partial charge is 0.461 e. The van der Waals surface area contributed by atoms with E-state index in [-0.39, 0.29) is 16.6 Å². The van der Waals surface area contributed by atoms with Crippen LogP contribution in [0.15, 0.2) is 57.1 Å². The number of amides is 1. The van der Waals surface area contributed by atoms with Gasteiger partial charge in [0.1, 0.15) is 0 Å². The highest BCUT2D eigenvalue weighted by molar-refractivity contribution is 7.99. The number of carbonyl (C=O) groups is 1. The van der Waals surface area contributed by atoms with E-state index in [1.807, 2.05) is 18.5 Å². The predicted molar refractivity (Wildman–Crippen MR) is 125 cm³/mol. The molecule has 0 unspecified atom stereocenters. The summed E-state index contributed by atoms with van der Waals surface area (Å²) in [6.07, 6.45) is 1.57. The highest BCUT2D eigenvalue weighted by Crippen LogP contribution is 2.25. The van der Waals surface area contributed by atoms with E-state index < -0.39 is 10.0 Å². The lowest BCUT2D eigenvalue weighted by molar-refractivity contribution is -0.113. The molecule has 3 aromatic rings. The normalized spacial score (nSPS) is 15.6. The van der Waals surface area contributed by atoms with Gasteiger partial charge in [-0.3, -0.25) is 9.36 Å². The van der Waals surface area contributed by atoms with E-state index >= 15 is 0 Å². The van der Waals surface area contributed by atoms with Gasteiger partial charge in [-0.15, -0.1) is 10.2 Å². The lowest BCUT2D eigenvalue weighted by Crippen LogP contribution is -2.47. The Bertz CT molecular complexity index is 1200. The Morgan fingerprint density at radius 2 is 1.94 bits per heavy atom. The molecule has 33 heavy (non-hydrogen) atoms. The second-order valence-electron chi connectivity index (χ2n) is 7.60. The molecule has 1 saturated heterocycles. The van der Waals surface area contributed by atoms with Crippen LogP contribution in [0.25, 0.3) is 11.6 Å².